The Labute approximate surface area is 196 Å². The SMILES string of the molecule is CCCOc1ccc(C(=O)N(Cc2ccc(C(=O)NC3CC3)cc2)C2CC2)cc1OCCC. The number of ether oxygens (including phenoxy) is 2. The average Bonchev–Trinajstić information content (AvgIpc) is 3.75. The maximum absolute atomic E-state index is 13.5. The van der Waals surface area contributed by atoms with Crippen molar-refractivity contribution in [2.24, 2.45) is 0 Å². The first-order valence-corrected chi connectivity index (χ1v) is 12.2. The molecule has 4 rings (SSSR count). The van der Waals surface area contributed by atoms with Gasteiger partial charge in [-0.1, -0.05) is 26.0 Å². The zero-order chi connectivity index (χ0) is 23.2. The summed E-state index contributed by atoms with van der Waals surface area (Å²) in [7, 11) is 0. The van der Waals surface area contributed by atoms with Gasteiger partial charge in [0.25, 0.3) is 11.8 Å². The minimum absolute atomic E-state index is 0.00329. The van der Waals surface area contributed by atoms with Crippen molar-refractivity contribution < 1.29 is 19.1 Å². The molecule has 6 nitrogen and oxygen atoms in total. The molecule has 176 valence electrons. The number of amides is 2. The Morgan fingerprint density at radius 2 is 1.52 bits per heavy atom. The van der Waals surface area contributed by atoms with Crippen molar-refractivity contribution in [2.75, 3.05) is 13.2 Å². The number of hydrogen-bond acceptors (Lipinski definition) is 4. The highest BCUT2D eigenvalue weighted by atomic mass is 16.5. The van der Waals surface area contributed by atoms with E-state index in [9.17, 15) is 9.59 Å². The smallest absolute Gasteiger partial charge is 0.254 e. The van der Waals surface area contributed by atoms with Crippen molar-refractivity contribution in [3.63, 3.8) is 0 Å². The molecule has 33 heavy (non-hydrogen) atoms. The van der Waals surface area contributed by atoms with E-state index in [4.69, 9.17) is 9.47 Å². The third-order valence-corrected chi connectivity index (χ3v) is 5.84. The molecule has 2 fully saturated rings. The van der Waals surface area contributed by atoms with E-state index in [-0.39, 0.29) is 17.9 Å². The molecule has 1 N–H and O–H groups in total. The number of carbonyl (C=O) groups excluding carboxylic acids is 2. The number of hydrogen-bond donors (Lipinski definition) is 1. The first-order valence-electron chi connectivity index (χ1n) is 12.2. The van der Waals surface area contributed by atoms with Gasteiger partial charge in [-0.05, 0) is 74.4 Å². The van der Waals surface area contributed by atoms with E-state index in [1.165, 1.54) is 0 Å². The predicted octanol–water partition coefficient (Wildman–Crippen LogP) is 4.96. The van der Waals surface area contributed by atoms with E-state index in [2.05, 4.69) is 19.2 Å². The Morgan fingerprint density at radius 1 is 0.879 bits per heavy atom. The third-order valence-electron chi connectivity index (χ3n) is 5.84. The summed E-state index contributed by atoms with van der Waals surface area (Å²) in [5.41, 5.74) is 2.29. The van der Waals surface area contributed by atoms with Gasteiger partial charge in [0.1, 0.15) is 0 Å². The quantitative estimate of drug-likeness (QED) is 0.496. The molecule has 2 amide bonds. The van der Waals surface area contributed by atoms with Crippen LogP contribution in [0.15, 0.2) is 42.5 Å². The molecule has 0 spiro atoms. The van der Waals surface area contributed by atoms with Gasteiger partial charge in [0, 0.05) is 29.8 Å². The van der Waals surface area contributed by atoms with Crippen molar-refractivity contribution in [3.8, 4) is 11.5 Å². The van der Waals surface area contributed by atoms with Crippen LogP contribution in [0.4, 0.5) is 0 Å². The fraction of sp³-hybridized carbons (Fsp3) is 0.481. The second kappa shape index (κ2) is 10.7. The van der Waals surface area contributed by atoms with Crippen molar-refractivity contribution in [1.29, 1.82) is 0 Å². The first kappa shape index (κ1) is 23.1. The molecular formula is C27H34N2O4. The summed E-state index contributed by atoms with van der Waals surface area (Å²) < 4.78 is 11.7. The molecule has 0 bridgehead atoms. The minimum Gasteiger partial charge on any atom is -0.490 e. The lowest BCUT2D eigenvalue weighted by Gasteiger charge is -2.23. The molecule has 0 unspecified atom stereocenters. The lowest BCUT2D eigenvalue weighted by Crippen LogP contribution is -2.32. The van der Waals surface area contributed by atoms with Gasteiger partial charge in [-0.25, -0.2) is 0 Å². The van der Waals surface area contributed by atoms with Gasteiger partial charge >= 0.3 is 0 Å². The summed E-state index contributed by atoms with van der Waals surface area (Å²) in [5.74, 6) is 1.28. The Hall–Kier alpha value is -3.02. The fourth-order valence-corrected chi connectivity index (χ4v) is 3.67. The largest absolute Gasteiger partial charge is 0.490 e. The topological polar surface area (TPSA) is 67.9 Å². The van der Waals surface area contributed by atoms with Crippen molar-refractivity contribution in [2.45, 2.75) is 71.0 Å². The van der Waals surface area contributed by atoms with Gasteiger partial charge in [0.2, 0.25) is 0 Å². The zero-order valence-corrected chi connectivity index (χ0v) is 19.6. The van der Waals surface area contributed by atoms with Crippen molar-refractivity contribution >= 4 is 11.8 Å². The van der Waals surface area contributed by atoms with Gasteiger partial charge in [-0.15, -0.1) is 0 Å². The van der Waals surface area contributed by atoms with Crippen LogP contribution in [0.2, 0.25) is 0 Å². The minimum atomic E-state index is -0.0239. The number of carbonyl (C=O) groups is 2. The molecule has 2 aromatic carbocycles. The Balaban J connectivity index is 1.47. The highest BCUT2D eigenvalue weighted by Crippen LogP contribution is 2.33. The van der Waals surface area contributed by atoms with Crippen LogP contribution in [-0.2, 0) is 6.54 Å². The van der Waals surface area contributed by atoms with E-state index < -0.39 is 0 Å². The molecule has 6 heteroatoms. The van der Waals surface area contributed by atoms with E-state index >= 15 is 0 Å². The van der Waals surface area contributed by atoms with Crippen LogP contribution in [0.25, 0.3) is 0 Å². The maximum atomic E-state index is 13.5. The van der Waals surface area contributed by atoms with Crippen LogP contribution >= 0.6 is 0 Å². The van der Waals surface area contributed by atoms with Crippen LogP contribution < -0.4 is 14.8 Å². The van der Waals surface area contributed by atoms with Gasteiger partial charge in [-0.2, -0.15) is 0 Å². The van der Waals surface area contributed by atoms with E-state index in [1.807, 2.05) is 47.4 Å². The highest BCUT2D eigenvalue weighted by Gasteiger charge is 2.33. The molecule has 2 aliphatic rings. The second-order valence-corrected chi connectivity index (χ2v) is 8.97. The number of nitrogens with zero attached hydrogens (tertiary/aromatic N) is 1. The van der Waals surface area contributed by atoms with Crippen LogP contribution in [0.1, 0.15) is 78.7 Å². The molecule has 2 saturated carbocycles. The monoisotopic (exact) mass is 450 g/mol. The van der Waals surface area contributed by atoms with Crippen LogP contribution in [0, 0.1) is 0 Å². The van der Waals surface area contributed by atoms with Crippen molar-refractivity contribution in [1.82, 2.24) is 10.2 Å². The summed E-state index contributed by atoms with van der Waals surface area (Å²) in [5, 5.41) is 3.01. The summed E-state index contributed by atoms with van der Waals surface area (Å²) in [6.45, 7) is 5.82. The highest BCUT2D eigenvalue weighted by molar-refractivity contribution is 5.96. The van der Waals surface area contributed by atoms with Gasteiger partial charge in [-0.3, -0.25) is 9.59 Å². The van der Waals surface area contributed by atoms with Crippen LogP contribution in [0.3, 0.4) is 0 Å². The molecule has 2 aromatic rings. The first-order chi connectivity index (χ1) is 16.1. The van der Waals surface area contributed by atoms with E-state index in [1.54, 1.807) is 0 Å². The fourth-order valence-electron chi connectivity index (χ4n) is 3.67. The molecule has 0 aliphatic heterocycles. The number of benzene rings is 2. The second-order valence-electron chi connectivity index (χ2n) is 8.97. The lowest BCUT2D eigenvalue weighted by molar-refractivity contribution is 0.0729. The molecule has 2 aliphatic carbocycles. The summed E-state index contributed by atoms with van der Waals surface area (Å²) >= 11 is 0. The van der Waals surface area contributed by atoms with Gasteiger partial charge < -0.3 is 19.7 Å². The lowest BCUT2D eigenvalue weighted by atomic mass is 10.1. The van der Waals surface area contributed by atoms with E-state index in [0.29, 0.717) is 48.4 Å². The van der Waals surface area contributed by atoms with Crippen LogP contribution in [0.5, 0.6) is 11.5 Å². The normalized spacial score (nSPS) is 15.1. The molecule has 0 heterocycles. The average molecular weight is 451 g/mol. The Morgan fingerprint density at radius 3 is 2.12 bits per heavy atom. The standard InChI is InChI=1S/C27H34N2O4/c1-3-15-32-24-14-9-21(17-25(24)33-16-4-2)27(31)29(23-12-13-23)18-19-5-7-20(8-6-19)26(30)28-22-10-11-22/h5-9,14,17,22-23H,3-4,10-13,15-16,18H2,1-2H3,(H,28,30). The molecule has 0 atom stereocenters. The third kappa shape index (κ3) is 6.28. The van der Waals surface area contributed by atoms with Gasteiger partial charge in [0.15, 0.2) is 11.5 Å². The summed E-state index contributed by atoms with van der Waals surface area (Å²) in [4.78, 5) is 27.6. The Kier molecular flexibility index (Phi) is 7.53. The molecule has 0 saturated heterocycles. The molecular weight excluding hydrogens is 416 g/mol. The van der Waals surface area contributed by atoms with Gasteiger partial charge in [0.05, 0.1) is 13.2 Å². The number of rotatable bonds is 12. The van der Waals surface area contributed by atoms with E-state index in [0.717, 1.165) is 44.1 Å². The summed E-state index contributed by atoms with van der Waals surface area (Å²) in [6, 6.07) is 13.7. The van der Waals surface area contributed by atoms with Crippen molar-refractivity contribution in [3.05, 3.63) is 59.2 Å². The van der Waals surface area contributed by atoms with Crippen LogP contribution in [-0.4, -0.2) is 42.0 Å². The Bertz CT molecular complexity index is 965. The summed E-state index contributed by atoms with van der Waals surface area (Å²) in [6.07, 6.45) is 5.96. The predicted molar refractivity (Wildman–Crippen MR) is 128 cm³/mol. The molecule has 0 aromatic heterocycles. The zero-order valence-electron chi connectivity index (χ0n) is 19.6. The molecule has 0 radical (unpaired) electrons. The number of nitrogens with one attached hydrogen (secondary N) is 1. The maximum Gasteiger partial charge on any atom is 0.254 e.